The Morgan fingerprint density at radius 3 is 0.884 bits per heavy atom. The van der Waals surface area contributed by atoms with Crippen LogP contribution in [0.25, 0.3) is 0 Å². The van der Waals surface area contributed by atoms with Gasteiger partial charge in [-0.15, -0.1) is 13.2 Å². The molecular weight excluding hydrogens is 1740 g/mol. The maximum atomic E-state index is 14.1. The molecule has 29 atom stereocenters. The van der Waals surface area contributed by atoms with Gasteiger partial charge in [-0.25, -0.2) is 43.9 Å². The van der Waals surface area contributed by atoms with E-state index in [0.29, 0.717) is 78.7 Å². The van der Waals surface area contributed by atoms with Crippen molar-refractivity contribution >= 4 is 0 Å². The van der Waals surface area contributed by atoms with Crippen LogP contribution in [0, 0.1) is 233 Å². The van der Waals surface area contributed by atoms with Crippen LogP contribution in [0.5, 0.6) is 0 Å². The van der Waals surface area contributed by atoms with Crippen molar-refractivity contribution in [3.63, 3.8) is 0 Å². The summed E-state index contributed by atoms with van der Waals surface area (Å²) in [6, 6.07) is 26.8. The van der Waals surface area contributed by atoms with E-state index in [1.165, 1.54) is 62.5 Å². The fourth-order valence-electron chi connectivity index (χ4n) is 24.6. The third-order valence-electron chi connectivity index (χ3n) is 32.1. The second-order valence-electron chi connectivity index (χ2n) is 41.0. The van der Waals surface area contributed by atoms with E-state index < -0.39 is 198 Å². The van der Waals surface area contributed by atoms with E-state index in [1.54, 1.807) is 24.3 Å². The van der Waals surface area contributed by atoms with Crippen molar-refractivity contribution in [2.75, 3.05) is 0 Å². The monoisotopic (exact) mass is 1910 g/mol. The number of rotatable bonds is 19. The highest BCUT2D eigenvalue weighted by Gasteiger charge is 2.44. The lowest BCUT2D eigenvalue weighted by molar-refractivity contribution is 0.113. The first-order valence-electron chi connectivity index (χ1n) is 61.0. The highest BCUT2D eigenvalue weighted by molar-refractivity contribution is 5.42. The smallest absolute Gasteiger partial charge is 0.144 e. The number of nitriles is 6. The fraction of sp³-hybridized carbons (Fsp3) is 0.607. The first-order chi connectivity index (χ1) is 74.2. The van der Waals surface area contributed by atoms with E-state index in [1.807, 2.05) is 25.2 Å². The summed E-state index contributed by atoms with van der Waals surface area (Å²) in [4.78, 5) is 0. The van der Waals surface area contributed by atoms with Crippen molar-refractivity contribution < 1.29 is 69.9 Å². The van der Waals surface area contributed by atoms with Crippen LogP contribution >= 0.6 is 0 Å². The SMILES string of the molecule is [2H]C1([2H])CC2CC(CCC)CCC2C([2H])([2H])C1c1ccc(C#N)cc1.[2H]C1C2CCC(/C=C/C)CC2CC([2H])([2H])C1c1cc(F)c(C#N)c(F)c1.[2H]C1C2CCC(C=C)CC2CC([2H])([2H])C1c1cc(F)c(C#N)c(F)c1.[2H]C1C2CCC(CCC)CC2CC([2H])([2H])C1c1cc(F)c(C#N)c(F)c1.[2H]C1C2CCC(CCC=C)CC2CC([2H])([2H])C1c1cc(F)c(C#N)c(F)c1.[2H]C1C2CCC(CCCCC)CC2CC([2H])([2H])C1c1cc(F)c(C#N)c(F)c1. The molecule has 0 heterocycles. The van der Waals surface area contributed by atoms with Crippen LogP contribution < -0.4 is 0 Å². The maximum Gasteiger partial charge on any atom is 0.144 e. The first kappa shape index (κ1) is 82.4. The van der Waals surface area contributed by atoms with Gasteiger partial charge in [0.15, 0.2) is 0 Å². The van der Waals surface area contributed by atoms with Crippen molar-refractivity contribution in [1.82, 2.24) is 0 Å². The van der Waals surface area contributed by atoms with Gasteiger partial charge in [0.1, 0.15) is 116 Å². The Balaban J connectivity index is 0.000000156. The van der Waals surface area contributed by atoms with Crippen molar-refractivity contribution in [1.29, 1.82) is 31.6 Å². The summed E-state index contributed by atoms with van der Waals surface area (Å²) in [6.07, 6.45) is 22.8. The first-order valence-corrected chi connectivity index (χ1v) is 51.1. The molecule has 12 aliphatic carbocycles. The van der Waals surface area contributed by atoms with Gasteiger partial charge in [-0.1, -0.05) is 134 Å². The van der Waals surface area contributed by atoms with Gasteiger partial charge in [0.25, 0.3) is 0 Å². The van der Waals surface area contributed by atoms with E-state index >= 15 is 0 Å². The highest BCUT2D eigenvalue weighted by atomic mass is 19.2. The van der Waals surface area contributed by atoms with Gasteiger partial charge < -0.3 is 0 Å². The van der Waals surface area contributed by atoms with Crippen LogP contribution in [0.2, 0.25) is 0 Å². The minimum atomic E-state index is -1.72. The number of benzene rings is 6. The molecular formula is C122H150F10N6. The largest absolute Gasteiger partial charge is 0.205 e. The predicted octanol–water partition coefficient (Wildman–Crippen LogP) is 35.4. The highest BCUT2D eigenvalue weighted by Crippen LogP contribution is 2.56. The minimum Gasteiger partial charge on any atom is -0.205 e. The Bertz CT molecular complexity index is 6150. The fourth-order valence-corrected chi connectivity index (χ4v) is 24.6. The molecule has 12 fully saturated rings. The maximum absolute atomic E-state index is 14.1. The summed E-state index contributed by atoms with van der Waals surface area (Å²) in [7, 11) is 0. The van der Waals surface area contributed by atoms with Crippen molar-refractivity contribution in [2.24, 2.45) is 107 Å². The quantitative estimate of drug-likeness (QED) is 0.0449. The Labute approximate surface area is 846 Å². The van der Waals surface area contributed by atoms with E-state index in [0.717, 1.165) is 208 Å². The molecule has 29 unspecified atom stereocenters. The molecule has 0 bridgehead atoms. The molecule has 0 saturated heterocycles. The normalized spacial score (nSPS) is 37.7. The molecule has 6 aromatic carbocycles. The van der Waals surface area contributed by atoms with Crippen LogP contribution in [0.1, 0.15) is 451 Å². The van der Waals surface area contributed by atoms with E-state index in [-0.39, 0.29) is 105 Å². The molecule has 0 N–H and O–H groups in total. The van der Waals surface area contributed by atoms with Gasteiger partial charge in [-0.05, 0) is 473 Å². The minimum absolute atomic E-state index is 0.0202. The van der Waals surface area contributed by atoms with Crippen LogP contribution in [0.3, 0.4) is 0 Å². The Morgan fingerprint density at radius 2 is 0.587 bits per heavy atom. The van der Waals surface area contributed by atoms with Gasteiger partial charge in [-0.3, -0.25) is 0 Å². The molecule has 738 valence electrons. The van der Waals surface area contributed by atoms with Gasteiger partial charge in [0, 0.05) is 26.0 Å². The third-order valence-corrected chi connectivity index (χ3v) is 32.1. The number of hydrogen-bond acceptors (Lipinski definition) is 6. The Morgan fingerprint density at radius 1 is 0.304 bits per heavy atom. The Kier molecular flexibility index (Phi) is 31.0. The van der Waals surface area contributed by atoms with E-state index in [4.69, 9.17) is 57.6 Å². The van der Waals surface area contributed by atoms with Crippen LogP contribution in [0.4, 0.5) is 43.9 Å². The summed E-state index contributed by atoms with van der Waals surface area (Å²) < 4.78 is 304. The zero-order chi connectivity index (χ0) is 115. The zero-order valence-corrected chi connectivity index (χ0v) is 80.6. The average Bonchev–Trinajstić information content (AvgIpc) is 0.784. The zero-order valence-electron chi connectivity index (χ0n) is 99.6. The summed E-state index contributed by atoms with van der Waals surface area (Å²) in [5, 5.41) is 53.2. The van der Waals surface area contributed by atoms with Gasteiger partial charge in [0.2, 0.25) is 0 Å². The molecule has 138 heavy (non-hydrogen) atoms. The molecule has 6 aromatic rings. The molecule has 6 nitrogen and oxygen atoms in total. The summed E-state index contributed by atoms with van der Waals surface area (Å²) >= 11 is 0. The average molecular weight is 1910 g/mol. The molecule has 0 spiro atoms. The van der Waals surface area contributed by atoms with Crippen molar-refractivity contribution in [2.45, 2.75) is 358 Å². The molecule has 18 rings (SSSR count). The van der Waals surface area contributed by atoms with Crippen molar-refractivity contribution in [3.8, 4) is 36.4 Å². The van der Waals surface area contributed by atoms with Gasteiger partial charge in [0.05, 0.1) is 11.6 Å². The summed E-state index contributed by atoms with van der Waals surface area (Å²) in [6.45, 7) is 16.1. The Hall–Kier alpha value is -9.22. The van der Waals surface area contributed by atoms with Crippen molar-refractivity contribution in [3.05, 3.63) is 247 Å². The number of allylic oxidation sites excluding steroid dienone is 4. The van der Waals surface area contributed by atoms with Crippen LogP contribution in [-0.4, -0.2) is 0 Å². The summed E-state index contributed by atoms with van der Waals surface area (Å²) in [5.74, 6) is -10.8. The predicted molar refractivity (Wildman–Crippen MR) is 530 cm³/mol. The molecule has 0 amide bonds. The second kappa shape index (κ2) is 52.0. The molecule has 12 saturated carbocycles. The van der Waals surface area contributed by atoms with Crippen LogP contribution in [-0.2, 0) is 0 Å². The number of fused-ring (bicyclic) bond motifs is 6. The van der Waals surface area contributed by atoms with E-state index in [9.17, 15) is 43.9 Å². The topological polar surface area (TPSA) is 143 Å². The molecule has 12 aliphatic rings. The van der Waals surface area contributed by atoms with Gasteiger partial charge >= 0.3 is 0 Å². The molecule has 0 aliphatic heterocycles. The van der Waals surface area contributed by atoms with Gasteiger partial charge in [-0.2, -0.15) is 31.6 Å². The lowest BCUT2D eigenvalue weighted by atomic mass is 9.63. The number of hydrogen-bond donors (Lipinski definition) is 0. The lowest BCUT2D eigenvalue weighted by Gasteiger charge is -2.42. The molecule has 16 heteroatoms. The number of unbranched alkanes of at least 4 members (excludes halogenated alkanes) is 2. The third kappa shape index (κ3) is 27.8. The number of halogens is 10. The number of nitrogens with zero attached hydrogens (tertiary/aromatic N) is 6. The molecule has 0 radical (unpaired) electrons. The second-order valence-corrected chi connectivity index (χ2v) is 41.0. The summed E-state index contributed by atoms with van der Waals surface area (Å²) in [5.41, 5.74) is -1.28. The standard InChI is InChI=1S/C22H29F2N.C21H25F2N.C20H25F2N.C20H23F2N.C20H27N.C19H21F2N/c1-2-3-4-5-15-6-7-17-11-18(9-8-16(17)10-15)19-12-21(23)20(14-25)22(24)13-19;1-2-3-4-14-5-6-16-10-17(8-7-15(16)9-14)18-11-20(22)19(13-24)21(23)12-18;2*1-2-3-13-4-5-15-9-16(7-6-14(15)8-13)17-10-19(21)18(12-23)20(22)11-17;1-2-3-15-4-9-20-13-19(11-10-18(20)12-15)17-7-5-16(14-21)6-8-17;1-2-12-3-4-14-8-15(6-5-13(14)7-12)16-9-18(20)17(11-22)19(21)10-16/h12-13,15-18H,2-11H2,1H3;2,11-12,14-17H,1,3-10H2;10-11,13-16H,2-9H2,1H3;2-3,10-11,13-16H,4-9H2,1H3;5-8,15,18-20H,2-4,9-13H2,1H3;2,9-10,12-15H,1,3-8H2/b;;;3-2+;;/i9D2,11D;8D2,10D;2*7D2,9D;11D2,13D2;6D2,8D. The lowest BCUT2D eigenvalue weighted by Crippen LogP contribution is -2.30. The van der Waals surface area contributed by atoms with E-state index in [2.05, 4.69) is 46.1 Å². The molecule has 0 aromatic heterocycles. The van der Waals surface area contributed by atoms with Crippen LogP contribution in [0.15, 0.2) is 122 Å².